The number of hydrogen-bond acceptors (Lipinski definition) is 4. The lowest BCUT2D eigenvalue weighted by Gasteiger charge is -2.24. The molecule has 0 aromatic rings. The normalized spacial score (nSPS) is 10.4. The molecule has 1 amide bonds. The molecule has 0 unspecified atom stereocenters. The first-order valence-corrected chi connectivity index (χ1v) is 4.65. The molecule has 0 radical (unpaired) electrons. The summed E-state index contributed by atoms with van der Waals surface area (Å²) < 4.78 is 5.01. The Labute approximate surface area is 89.6 Å². The Balaban J connectivity index is 4.35. The van der Waals surface area contributed by atoms with Gasteiger partial charge in [0.15, 0.2) is 0 Å². The van der Waals surface area contributed by atoms with Gasteiger partial charge in [0.25, 0.3) is 0 Å². The Kier molecular flexibility index (Phi) is 4.84. The number of hydrogen-bond donors (Lipinski definition) is 0. The molecule has 5 nitrogen and oxygen atoms in total. The van der Waals surface area contributed by atoms with Crippen LogP contribution >= 0.6 is 0 Å². The second-order valence-corrected chi connectivity index (χ2v) is 3.79. The van der Waals surface area contributed by atoms with Crippen LogP contribution in [0, 0.1) is 0 Å². The fourth-order valence-electron chi connectivity index (χ4n) is 0.690. The number of nitrogens with zero attached hydrogens (tertiary/aromatic N) is 1. The summed E-state index contributed by atoms with van der Waals surface area (Å²) in [7, 11) is 0. The first-order valence-electron chi connectivity index (χ1n) is 4.65. The van der Waals surface area contributed by atoms with Crippen molar-refractivity contribution in [2.24, 2.45) is 0 Å². The van der Waals surface area contributed by atoms with E-state index < -0.39 is 17.7 Å². The second kappa shape index (κ2) is 5.38. The fraction of sp³-hybridized carbons (Fsp3) is 0.600. The predicted octanol–water partition coefficient (Wildman–Crippen LogP) is 1.89. The summed E-state index contributed by atoms with van der Waals surface area (Å²) in [5, 5.41) is 0.843. The van der Waals surface area contributed by atoms with Crippen molar-refractivity contribution in [3.63, 3.8) is 0 Å². The summed E-state index contributed by atoms with van der Waals surface area (Å²) in [6, 6.07) is 0. The van der Waals surface area contributed by atoms with Crippen LogP contribution in [-0.4, -0.2) is 29.3 Å². The molecule has 0 aromatic heterocycles. The van der Waals surface area contributed by atoms with Crippen LogP contribution in [0.4, 0.5) is 4.79 Å². The van der Waals surface area contributed by atoms with Crippen LogP contribution < -0.4 is 0 Å². The maximum Gasteiger partial charge on any atom is 0.443 e. The smallest absolute Gasteiger partial charge is 0.442 e. The maximum absolute atomic E-state index is 11.4. The molecular weight excluding hydrogens is 198 g/mol. The van der Waals surface area contributed by atoms with Gasteiger partial charge in [-0.1, -0.05) is 6.58 Å². The van der Waals surface area contributed by atoms with E-state index in [4.69, 9.17) is 4.74 Å². The highest BCUT2D eigenvalue weighted by atomic mass is 16.8. The maximum atomic E-state index is 11.4. The van der Waals surface area contributed by atoms with Gasteiger partial charge >= 0.3 is 12.1 Å². The number of carbonyl (C=O) groups is 2. The first-order chi connectivity index (χ1) is 6.80. The van der Waals surface area contributed by atoms with E-state index in [-0.39, 0.29) is 6.54 Å². The van der Waals surface area contributed by atoms with Crippen molar-refractivity contribution >= 4 is 12.1 Å². The van der Waals surface area contributed by atoms with E-state index in [1.165, 1.54) is 0 Å². The summed E-state index contributed by atoms with van der Waals surface area (Å²) in [4.78, 5) is 27.0. The molecule has 0 saturated carbocycles. The lowest BCUT2D eigenvalue weighted by molar-refractivity contribution is -0.177. The summed E-state index contributed by atoms with van der Waals surface area (Å²) in [6.45, 7) is 10.3. The van der Waals surface area contributed by atoms with Gasteiger partial charge in [-0.05, 0) is 27.7 Å². The first kappa shape index (κ1) is 13.5. The van der Waals surface area contributed by atoms with E-state index in [9.17, 15) is 9.59 Å². The molecule has 86 valence electrons. The Bertz CT molecular complexity index is 255. The van der Waals surface area contributed by atoms with Gasteiger partial charge in [-0.2, -0.15) is 0 Å². The monoisotopic (exact) mass is 215 g/mol. The molecular formula is C10H17NO4. The standard InChI is InChI=1S/C10H17NO4/c1-6-8(12)15-11(7-2)9(13)14-10(3,4)5/h6H,1,7H2,2-5H3. The van der Waals surface area contributed by atoms with Gasteiger partial charge < -0.3 is 9.57 Å². The number of rotatable bonds is 2. The molecule has 0 N–H and O–H groups in total. The fourth-order valence-corrected chi connectivity index (χ4v) is 0.690. The van der Waals surface area contributed by atoms with E-state index in [2.05, 4.69) is 11.4 Å². The predicted molar refractivity (Wildman–Crippen MR) is 54.9 cm³/mol. The van der Waals surface area contributed by atoms with Gasteiger partial charge in [0, 0.05) is 6.08 Å². The Morgan fingerprint density at radius 3 is 2.27 bits per heavy atom. The third-order valence-corrected chi connectivity index (χ3v) is 1.25. The number of ether oxygens (including phenoxy) is 1. The average Bonchev–Trinajstić information content (AvgIpc) is 2.10. The lowest BCUT2D eigenvalue weighted by atomic mass is 10.2. The number of hydroxylamine groups is 2. The second-order valence-electron chi connectivity index (χ2n) is 3.79. The van der Waals surface area contributed by atoms with Gasteiger partial charge in [0.1, 0.15) is 5.60 Å². The molecule has 0 bridgehead atoms. The molecule has 0 aromatic carbocycles. The quantitative estimate of drug-likeness (QED) is 0.521. The van der Waals surface area contributed by atoms with Crippen LogP contribution in [0.1, 0.15) is 27.7 Å². The Hall–Kier alpha value is -1.52. The van der Waals surface area contributed by atoms with Crippen LogP contribution in [0.2, 0.25) is 0 Å². The highest BCUT2D eigenvalue weighted by Gasteiger charge is 2.23. The lowest BCUT2D eigenvalue weighted by Crippen LogP contribution is -2.37. The molecule has 0 aliphatic carbocycles. The van der Waals surface area contributed by atoms with E-state index in [0.717, 1.165) is 11.1 Å². The van der Waals surface area contributed by atoms with Crippen molar-refractivity contribution in [3.8, 4) is 0 Å². The van der Waals surface area contributed by atoms with Crippen LogP contribution in [0.5, 0.6) is 0 Å². The van der Waals surface area contributed by atoms with Crippen molar-refractivity contribution in [2.75, 3.05) is 6.54 Å². The molecule has 0 rings (SSSR count). The molecule has 5 heteroatoms. The van der Waals surface area contributed by atoms with Crippen LogP contribution in [0.15, 0.2) is 12.7 Å². The van der Waals surface area contributed by atoms with Crippen molar-refractivity contribution < 1.29 is 19.2 Å². The van der Waals surface area contributed by atoms with Gasteiger partial charge in [0.2, 0.25) is 0 Å². The minimum absolute atomic E-state index is 0.217. The van der Waals surface area contributed by atoms with Crippen LogP contribution in [0.3, 0.4) is 0 Å². The summed E-state index contributed by atoms with van der Waals surface area (Å²) in [5.41, 5.74) is -0.620. The summed E-state index contributed by atoms with van der Waals surface area (Å²) in [5.74, 6) is -0.692. The number of carbonyl (C=O) groups excluding carboxylic acids is 2. The van der Waals surface area contributed by atoms with Gasteiger partial charge in [0.05, 0.1) is 6.54 Å². The van der Waals surface area contributed by atoms with Gasteiger partial charge in [-0.15, -0.1) is 5.06 Å². The third-order valence-electron chi connectivity index (χ3n) is 1.25. The molecule has 15 heavy (non-hydrogen) atoms. The van der Waals surface area contributed by atoms with Crippen molar-refractivity contribution in [3.05, 3.63) is 12.7 Å². The zero-order chi connectivity index (χ0) is 12.1. The average molecular weight is 215 g/mol. The topological polar surface area (TPSA) is 55.8 Å². The van der Waals surface area contributed by atoms with Gasteiger partial charge in [-0.3, -0.25) is 0 Å². The van der Waals surface area contributed by atoms with E-state index in [1.54, 1.807) is 27.7 Å². The molecule has 0 atom stereocenters. The van der Waals surface area contributed by atoms with Crippen molar-refractivity contribution in [1.82, 2.24) is 5.06 Å². The van der Waals surface area contributed by atoms with Gasteiger partial charge in [-0.25, -0.2) is 9.59 Å². The molecule has 0 aliphatic heterocycles. The highest BCUT2D eigenvalue weighted by molar-refractivity contribution is 5.82. The minimum atomic E-state index is -0.694. The zero-order valence-corrected chi connectivity index (χ0v) is 9.57. The van der Waals surface area contributed by atoms with E-state index >= 15 is 0 Å². The summed E-state index contributed by atoms with van der Waals surface area (Å²) in [6.07, 6.45) is 0.285. The molecule has 0 heterocycles. The molecule has 0 spiro atoms. The molecule has 0 aliphatic rings. The van der Waals surface area contributed by atoms with Crippen LogP contribution in [-0.2, 0) is 14.4 Å². The summed E-state index contributed by atoms with van der Waals surface area (Å²) >= 11 is 0. The third kappa shape index (κ3) is 5.72. The Morgan fingerprint density at radius 2 is 1.93 bits per heavy atom. The van der Waals surface area contributed by atoms with Crippen molar-refractivity contribution in [1.29, 1.82) is 0 Å². The minimum Gasteiger partial charge on any atom is -0.442 e. The zero-order valence-electron chi connectivity index (χ0n) is 9.57. The number of amides is 1. The Morgan fingerprint density at radius 1 is 1.40 bits per heavy atom. The SMILES string of the molecule is C=CC(=O)ON(CC)C(=O)OC(C)(C)C. The van der Waals surface area contributed by atoms with E-state index in [0.29, 0.717) is 0 Å². The van der Waals surface area contributed by atoms with E-state index in [1.807, 2.05) is 0 Å². The molecule has 0 fully saturated rings. The molecule has 0 saturated heterocycles. The van der Waals surface area contributed by atoms with Crippen molar-refractivity contribution in [2.45, 2.75) is 33.3 Å². The van der Waals surface area contributed by atoms with Crippen LogP contribution in [0.25, 0.3) is 0 Å². The highest BCUT2D eigenvalue weighted by Crippen LogP contribution is 2.10. The largest absolute Gasteiger partial charge is 0.443 e.